The third-order valence-electron chi connectivity index (χ3n) is 6.14. The molecular weight excluding hydrogens is 338 g/mol. The van der Waals surface area contributed by atoms with Crippen molar-refractivity contribution in [1.82, 2.24) is 14.7 Å². The van der Waals surface area contributed by atoms with E-state index in [1.54, 1.807) is 0 Å². The van der Waals surface area contributed by atoms with Crippen LogP contribution in [0.2, 0.25) is 0 Å². The molecule has 3 rings (SSSR count). The molecule has 27 heavy (non-hydrogen) atoms. The van der Waals surface area contributed by atoms with Crippen LogP contribution < -0.4 is 0 Å². The topological polar surface area (TPSA) is 47.0 Å². The number of rotatable bonds is 3. The number of hydrogen-bond donors (Lipinski definition) is 1. The van der Waals surface area contributed by atoms with E-state index in [4.69, 9.17) is 5.11 Å². The Labute approximate surface area is 162 Å². The van der Waals surface area contributed by atoms with Gasteiger partial charge in [0.05, 0.1) is 0 Å². The minimum Gasteiger partial charge on any atom is -0.384 e. The smallest absolute Gasteiger partial charge is 0.222 e. The molecule has 146 valence electrons. The standard InChI is InChI=1S/C22H31N3O2/c1-3-25-13-12-22(11-10-21(25)27)18-24(15-14-23(22)2)17-20-8-6-19(7-9-20)5-4-16-26/h6-9,26H,3,10-18H2,1-2H3. The molecule has 1 aromatic carbocycles. The quantitative estimate of drug-likeness (QED) is 0.822. The van der Waals surface area contributed by atoms with Crippen LogP contribution in [0.5, 0.6) is 0 Å². The van der Waals surface area contributed by atoms with E-state index in [2.05, 4.69) is 47.7 Å². The average Bonchev–Trinajstić information content (AvgIpc) is 2.84. The molecule has 5 nitrogen and oxygen atoms in total. The maximum absolute atomic E-state index is 12.3. The second-order valence-electron chi connectivity index (χ2n) is 7.74. The van der Waals surface area contributed by atoms with Crippen LogP contribution in [-0.4, -0.2) is 77.6 Å². The zero-order valence-electron chi connectivity index (χ0n) is 16.6. The van der Waals surface area contributed by atoms with E-state index in [-0.39, 0.29) is 12.1 Å². The fourth-order valence-corrected chi connectivity index (χ4v) is 4.34. The zero-order chi connectivity index (χ0) is 19.3. The van der Waals surface area contributed by atoms with E-state index < -0.39 is 0 Å². The lowest BCUT2D eigenvalue weighted by Crippen LogP contribution is -2.60. The molecule has 2 aliphatic heterocycles. The average molecular weight is 370 g/mol. The van der Waals surface area contributed by atoms with Crippen LogP contribution >= 0.6 is 0 Å². The number of likely N-dealkylation sites (tertiary alicyclic amines) is 1. The van der Waals surface area contributed by atoms with Crippen LogP contribution in [0.15, 0.2) is 24.3 Å². The van der Waals surface area contributed by atoms with Gasteiger partial charge in [-0.2, -0.15) is 0 Å². The minimum absolute atomic E-state index is 0.102. The van der Waals surface area contributed by atoms with Crippen molar-refractivity contribution in [2.75, 3.05) is 46.4 Å². The summed E-state index contributed by atoms with van der Waals surface area (Å²) < 4.78 is 0. The lowest BCUT2D eigenvalue weighted by Gasteiger charge is -2.49. The number of hydrogen-bond acceptors (Lipinski definition) is 4. The highest BCUT2D eigenvalue weighted by Gasteiger charge is 2.41. The van der Waals surface area contributed by atoms with Crippen LogP contribution in [0, 0.1) is 11.8 Å². The van der Waals surface area contributed by atoms with Crippen molar-refractivity contribution in [1.29, 1.82) is 0 Å². The van der Waals surface area contributed by atoms with Crippen LogP contribution in [0.3, 0.4) is 0 Å². The number of aliphatic hydroxyl groups excluding tert-OH is 1. The summed E-state index contributed by atoms with van der Waals surface area (Å²) in [5, 5.41) is 8.80. The lowest BCUT2D eigenvalue weighted by molar-refractivity contribution is -0.130. The van der Waals surface area contributed by atoms with Gasteiger partial charge in [0.25, 0.3) is 0 Å². The number of aliphatic hydroxyl groups is 1. The fourth-order valence-electron chi connectivity index (χ4n) is 4.34. The first-order valence-corrected chi connectivity index (χ1v) is 9.96. The van der Waals surface area contributed by atoms with Crippen LogP contribution in [0.1, 0.15) is 37.3 Å². The molecule has 0 radical (unpaired) electrons. The van der Waals surface area contributed by atoms with E-state index in [9.17, 15) is 4.79 Å². The third-order valence-corrected chi connectivity index (χ3v) is 6.14. The number of carbonyl (C=O) groups is 1. The molecule has 0 aromatic heterocycles. The summed E-state index contributed by atoms with van der Waals surface area (Å²) in [6.45, 7) is 7.68. The van der Waals surface area contributed by atoms with Gasteiger partial charge < -0.3 is 10.0 Å². The molecule has 0 bridgehead atoms. The van der Waals surface area contributed by atoms with Gasteiger partial charge in [0.15, 0.2) is 0 Å². The van der Waals surface area contributed by atoms with E-state index in [1.807, 2.05) is 17.0 Å². The Morgan fingerprint density at radius 1 is 1.15 bits per heavy atom. The van der Waals surface area contributed by atoms with Gasteiger partial charge in [-0.05, 0) is 44.5 Å². The normalized spacial score (nSPS) is 24.6. The van der Waals surface area contributed by atoms with Crippen LogP contribution in [0.4, 0.5) is 0 Å². The first-order chi connectivity index (χ1) is 13.1. The number of benzene rings is 1. The van der Waals surface area contributed by atoms with Gasteiger partial charge in [-0.1, -0.05) is 24.0 Å². The largest absolute Gasteiger partial charge is 0.384 e. The summed E-state index contributed by atoms with van der Waals surface area (Å²) in [4.78, 5) is 19.4. The molecule has 2 fully saturated rings. The molecule has 2 saturated heterocycles. The van der Waals surface area contributed by atoms with Gasteiger partial charge in [-0.15, -0.1) is 0 Å². The summed E-state index contributed by atoms with van der Waals surface area (Å²) in [5.41, 5.74) is 2.32. The molecule has 0 aliphatic carbocycles. The summed E-state index contributed by atoms with van der Waals surface area (Å²) in [5.74, 6) is 5.93. The molecular formula is C22H31N3O2. The highest BCUT2D eigenvalue weighted by Crippen LogP contribution is 2.32. The maximum atomic E-state index is 12.3. The number of piperazine rings is 1. The fraction of sp³-hybridized carbons (Fsp3) is 0.591. The summed E-state index contributed by atoms with van der Waals surface area (Å²) >= 11 is 0. The lowest BCUT2D eigenvalue weighted by atomic mass is 9.86. The Morgan fingerprint density at radius 2 is 1.93 bits per heavy atom. The van der Waals surface area contributed by atoms with Gasteiger partial charge in [0.2, 0.25) is 5.91 Å². The molecule has 1 aromatic rings. The highest BCUT2D eigenvalue weighted by molar-refractivity contribution is 5.76. The van der Waals surface area contributed by atoms with E-state index in [1.165, 1.54) is 5.56 Å². The van der Waals surface area contributed by atoms with Crippen LogP contribution in [0.25, 0.3) is 0 Å². The van der Waals surface area contributed by atoms with Gasteiger partial charge in [-0.3, -0.25) is 14.6 Å². The molecule has 2 aliphatic rings. The van der Waals surface area contributed by atoms with Crippen molar-refractivity contribution in [2.45, 2.75) is 38.3 Å². The molecule has 1 unspecified atom stereocenters. The molecule has 0 saturated carbocycles. The van der Waals surface area contributed by atoms with Gasteiger partial charge in [-0.25, -0.2) is 0 Å². The summed E-state index contributed by atoms with van der Waals surface area (Å²) in [6.07, 6.45) is 2.66. The second kappa shape index (κ2) is 8.88. The Morgan fingerprint density at radius 3 is 2.63 bits per heavy atom. The molecule has 5 heteroatoms. The van der Waals surface area contributed by atoms with Crippen molar-refractivity contribution in [3.05, 3.63) is 35.4 Å². The Balaban J connectivity index is 1.67. The van der Waals surface area contributed by atoms with Gasteiger partial charge >= 0.3 is 0 Å². The Kier molecular flexibility index (Phi) is 6.54. The zero-order valence-corrected chi connectivity index (χ0v) is 16.6. The van der Waals surface area contributed by atoms with Crippen molar-refractivity contribution < 1.29 is 9.90 Å². The maximum Gasteiger partial charge on any atom is 0.222 e. The third kappa shape index (κ3) is 4.70. The van der Waals surface area contributed by atoms with Gasteiger partial charge in [0, 0.05) is 56.8 Å². The first-order valence-electron chi connectivity index (χ1n) is 9.96. The van der Waals surface area contributed by atoms with Crippen molar-refractivity contribution in [3.63, 3.8) is 0 Å². The molecule has 1 spiro atoms. The van der Waals surface area contributed by atoms with Gasteiger partial charge in [0.1, 0.15) is 6.61 Å². The molecule has 1 atom stereocenters. The number of likely N-dealkylation sites (N-methyl/N-ethyl adjacent to an activating group) is 1. The van der Waals surface area contributed by atoms with Crippen LogP contribution in [-0.2, 0) is 11.3 Å². The minimum atomic E-state index is -0.108. The van der Waals surface area contributed by atoms with Crippen molar-refractivity contribution >= 4 is 5.91 Å². The molecule has 1 amide bonds. The Hall–Kier alpha value is -1.87. The summed E-state index contributed by atoms with van der Waals surface area (Å²) in [6, 6.07) is 8.30. The van der Waals surface area contributed by atoms with Crippen molar-refractivity contribution in [2.24, 2.45) is 0 Å². The number of amides is 1. The monoisotopic (exact) mass is 369 g/mol. The Bertz CT molecular complexity index is 707. The van der Waals surface area contributed by atoms with E-state index in [0.29, 0.717) is 12.3 Å². The molecule has 1 N–H and O–H groups in total. The highest BCUT2D eigenvalue weighted by atomic mass is 16.2. The van der Waals surface area contributed by atoms with Crippen molar-refractivity contribution in [3.8, 4) is 11.8 Å². The number of nitrogens with zero attached hydrogens (tertiary/aromatic N) is 3. The predicted octanol–water partition coefficient (Wildman–Crippen LogP) is 1.55. The second-order valence-corrected chi connectivity index (χ2v) is 7.74. The molecule has 2 heterocycles. The SMILES string of the molecule is CCN1CCC2(CCC1=O)CN(Cc1ccc(C#CCO)cc1)CCN2C. The van der Waals surface area contributed by atoms with E-state index in [0.717, 1.165) is 57.7 Å². The predicted molar refractivity (Wildman–Crippen MR) is 107 cm³/mol. The first kappa shape index (κ1) is 19.9. The number of carbonyl (C=O) groups excluding carboxylic acids is 1. The van der Waals surface area contributed by atoms with E-state index >= 15 is 0 Å². The summed E-state index contributed by atoms with van der Waals surface area (Å²) in [7, 11) is 2.22.